The molecule has 15 heavy (non-hydrogen) atoms. The van der Waals surface area contributed by atoms with Crippen LogP contribution in [0.5, 0.6) is 0 Å². The third-order valence-electron chi connectivity index (χ3n) is 4.01. The van der Waals surface area contributed by atoms with Crippen molar-refractivity contribution in [2.75, 3.05) is 33.8 Å². The van der Waals surface area contributed by atoms with Crippen LogP contribution < -0.4 is 0 Å². The Kier molecular flexibility index (Phi) is 3.06. The maximum atomic E-state index is 5.85. The first-order valence-corrected chi connectivity index (χ1v) is 6.06. The Morgan fingerprint density at radius 2 is 2.13 bits per heavy atom. The summed E-state index contributed by atoms with van der Waals surface area (Å²) in [5.41, 5.74) is 0.294. The predicted molar refractivity (Wildman–Crippen MR) is 62.1 cm³/mol. The standard InChI is InChI=1S/C12H24N2O/c1-10(2)15-9-12-6-5-11(14(12)4)7-13(3)8-12/h10-11H,5-9H2,1-4H3. The Morgan fingerprint density at radius 1 is 1.40 bits per heavy atom. The third kappa shape index (κ3) is 2.05. The molecule has 2 aliphatic heterocycles. The molecule has 0 spiro atoms. The maximum absolute atomic E-state index is 5.85. The molecule has 2 aliphatic rings. The molecular formula is C12H24N2O. The number of rotatable bonds is 3. The van der Waals surface area contributed by atoms with Crippen LogP contribution in [0.25, 0.3) is 0 Å². The summed E-state index contributed by atoms with van der Waals surface area (Å²) in [6, 6.07) is 0.750. The zero-order valence-corrected chi connectivity index (χ0v) is 10.5. The van der Waals surface area contributed by atoms with E-state index in [9.17, 15) is 0 Å². The predicted octanol–water partition coefficient (Wildman–Crippen LogP) is 1.19. The summed E-state index contributed by atoms with van der Waals surface area (Å²) in [6.07, 6.45) is 2.98. The minimum atomic E-state index is 0.294. The van der Waals surface area contributed by atoms with Crippen molar-refractivity contribution in [1.82, 2.24) is 9.80 Å². The molecule has 3 heteroatoms. The molecule has 0 radical (unpaired) electrons. The highest BCUT2D eigenvalue weighted by Gasteiger charge is 2.48. The number of fused-ring (bicyclic) bond motifs is 2. The molecular weight excluding hydrogens is 188 g/mol. The van der Waals surface area contributed by atoms with Crippen LogP contribution in [0.1, 0.15) is 26.7 Å². The smallest absolute Gasteiger partial charge is 0.0666 e. The molecule has 2 heterocycles. The van der Waals surface area contributed by atoms with E-state index in [1.54, 1.807) is 0 Å². The Labute approximate surface area is 93.4 Å². The zero-order valence-electron chi connectivity index (χ0n) is 10.5. The lowest BCUT2D eigenvalue weighted by molar-refractivity contribution is -0.0492. The first kappa shape index (κ1) is 11.4. The van der Waals surface area contributed by atoms with E-state index in [0.29, 0.717) is 11.6 Å². The van der Waals surface area contributed by atoms with Crippen molar-refractivity contribution in [2.45, 2.75) is 44.4 Å². The SMILES string of the molecule is CC(C)OCC12CCC(CN(C)C1)N2C. The lowest BCUT2D eigenvalue weighted by Crippen LogP contribution is -2.61. The van der Waals surface area contributed by atoms with Crippen LogP contribution in [0.3, 0.4) is 0 Å². The minimum absolute atomic E-state index is 0.294. The molecule has 2 saturated heterocycles. The molecule has 2 bridgehead atoms. The second-order valence-corrected chi connectivity index (χ2v) is 5.58. The Balaban J connectivity index is 2.04. The van der Waals surface area contributed by atoms with Crippen LogP contribution in [0.15, 0.2) is 0 Å². The molecule has 0 amide bonds. The van der Waals surface area contributed by atoms with Crippen LogP contribution >= 0.6 is 0 Å². The van der Waals surface area contributed by atoms with Gasteiger partial charge in [0.05, 0.1) is 18.2 Å². The molecule has 0 saturated carbocycles. The summed E-state index contributed by atoms with van der Waals surface area (Å²) in [4.78, 5) is 5.02. The highest BCUT2D eigenvalue weighted by molar-refractivity contribution is 5.05. The highest BCUT2D eigenvalue weighted by Crippen LogP contribution is 2.37. The summed E-state index contributed by atoms with van der Waals surface area (Å²) >= 11 is 0. The van der Waals surface area contributed by atoms with Crippen molar-refractivity contribution in [3.63, 3.8) is 0 Å². The van der Waals surface area contributed by atoms with Crippen molar-refractivity contribution in [2.24, 2.45) is 0 Å². The van der Waals surface area contributed by atoms with E-state index < -0.39 is 0 Å². The van der Waals surface area contributed by atoms with E-state index in [4.69, 9.17) is 4.74 Å². The fourth-order valence-corrected chi connectivity index (χ4v) is 3.07. The van der Waals surface area contributed by atoms with Crippen molar-refractivity contribution < 1.29 is 4.74 Å². The average molecular weight is 212 g/mol. The van der Waals surface area contributed by atoms with E-state index in [-0.39, 0.29) is 0 Å². The van der Waals surface area contributed by atoms with Gasteiger partial charge in [0.1, 0.15) is 0 Å². The van der Waals surface area contributed by atoms with Crippen LogP contribution in [-0.2, 0) is 4.74 Å². The van der Waals surface area contributed by atoms with E-state index in [2.05, 4.69) is 37.7 Å². The molecule has 0 aliphatic carbocycles. The van der Waals surface area contributed by atoms with Gasteiger partial charge in [-0.3, -0.25) is 4.90 Å². The Bertz CT molecular complexity index is 232. The maximum Gasteiger partial charge on any atom is 0.0666 e. The normalized spacial score (nSPS) is 37.8. The number of ether oxygens (including phenoxy) is 1. The lowest BCUT2D eigenvalue weighted by Gasteiger charge is -2.46. The van der Waals surface area contributed by atoms with E-state index in [1.807, 2.05) is 0 Å². The lowest BCUT2D eigenvalue weighted by atomic mass is 9.96. The number of likely N-dealkylation sites (tertiary alicyclic amines) is 1. The number of hydrogen-bond donors (Lipinski definition) is 0. The van der Waals surface area contributed by atoms with Gasteiger partial charge in [-0.15, -0.1) is 0 Å². The summed E-state index contributed by atoms with van der Waals surface area (Å²) < 4.78 is 5.85. The molecule has 0 aromatic heterocycles. The number of hydrogen-bond acceptors (Lipinski definition) is 3. The molecule has 2 fully saturated rings. The number of nitrogens with zero attached hydrogens (tertiary/aromatic N) is 2. The van der Waals surface area contributed by atoms with Gasteiger partial charge in [-0.25, -0.2) is 0 Å². The molecule has 0 N–H and O–H groups in total. The van der Waals surface area contributed by atoms with Gasteiger partial charge in [0.2, 0.25) is 0 Å². The largest absolute Gasteiger partial charge is 0.377 e. The topological polar surface area (TPSA) is 15.7 Å². The van der Waals surface area contributed by atoms with Gasteiger partial charge in [0.25, 0.3) is 0 Å². The van der Waals surface area contributed by atoms with Crippen LogP contribution in [-0.4, -0.2) is 61.3 Å². The van der Waals surface area contributed by atoms with Crippen molar-refractivity contribution in [1.29, 1.82) is 0 Å². The van der Waals surface area contributed by atoms with Crippen molar-refractivity contribution in [3.8, 4) is 0 Å². The average Bonchev–Trinajstić information content (AvgIpc) is 2.36. The van der Waals surface area contributed by atoms with Gasteiger partial charge in [0, 0.05) is 19.1 Å². The van der Waals surface area contributed by atoms with Crippen molar-refractivity contribution in [3.05, 3.63) is 0 Å². The van der Waals surface area contributed by atoms with Gasteiger partial charge in [-0.2, -0.15) is 0 Å². The van der Waals surface area contributed by atoms with E-state index in [0.717, 1.165) is 19.2 Å². The molecule has 0 aromatic carbocycles. The van der Waals surface area contributed by atoms with Gasteiger partial charge >= 0.3 is 0 Å². The first-order chi connectivity index (χ1) is 7.03. The van der Waals surface area contributed by atoms with Crippen LogP contribution in [0, 0.1) is 0 Å². The molecule has 3 nitrogen and oxygen atoms in total. The minimum Gasteiger partial charge on any atom is -0.377 e. The fourth-order valence-electron chi connectivity index (χ4n) is 3.07. The van der Waals surface area contributed by atoms with Gasteiger partial charge in [-0.05, 0) is 40.8 Å². The van der Waals surface area contributed by atoms with E-state index >= 15 is 0 Å². The first-order valence-electron chi connectivity index (χ1n) is 6.06. The monoisotopic (exact) mass is 212 g/mol. The quantitative estimate of drug-likeness (QED) is 0.699. The van der Waals surface area contributed by atoms with Crippen LogP contribution in [0.2, 0.25) is 0 Å². The molecule has 88 valence electrons. The summed E-state index contributed by atoms with van der Waals surface area (Å²) in [5.74, 6) is 0. The molecule has 0 aromatic rings. The molecule has 2 unspecified atom stereocenters. The zero-order chi connectivity index (χ0) is 11.1. The second kappa shape index (κ2) is 4.04. The summed E-state index contributed by atoms with van der Waals surface area (Å²) in [7, 11) is 4.50. The Hall–Kier alpha value is -0.120. The van der Waals surface area contributed by atoms with E-state index in [1.165, 1.54) is 19.4 Å². The highest BCUT2D eigenvalue weighted by atomic mass is 16.5. The molecule has 2 atom stereocenters. The van der Waals surface area contributed by atoms with Gasteiger partial charge in [-0.1, -0.05) is 0 Å². The number of likely N-dealkylation sites (N-methyl/N-ethyl adjacent to an activating group) is 2. The summed E-state index contributed by atoms with van der Waals surface area (Å²) in [5, 5.41) is 0. The second-order valence-electron chi connectivity index (χ2n) is 5.58. The Morgan fingerprint density at radius 3 is 2.80 bits per heavy atom. The van der Waals surface area contributed by atoms with Gasteiger partial charge < -0.3 is 9.64 Å². The summed E-state index contributed by atoms with van der Waals surface area (Å²) in [6.45, 7) is 7.51. The van der Waals surface area contributed by atoms with Crippen molar-refractivity contribution >= 4 is 0 Å². The van der Waals surface area contributed by atoms with Crippen LogP contribution in [0.4, 0.5) is 0 Å². The molecule has 2 rings (SSSR count). The van der Waals surface area contributed by atoms with Gasteiger partial charge in [0.15, 0.2) is 0 Å². The number of piperazine rings is 1. The fraction of sp³-hybridized carbons (Fsp3) is 1.00. The third-order valence-corrected chi connectivity index (χ3v) is 4.01.